The van der Waals surface area contributed by atoms with E-state index in [2.05, 4.69) is 15.3 Å². The molecule has 108 valence electrons. The predicted molar refractivity (Wildman–Crippen MR) is 86.9 cm³/mol. The first-order valence-corrected chi connectivity index (χ1v) is 8.20. The molecule has 5 nitrogen and oxygen atoms in total. The van der Waals surface area contributed by atoms with Crippen LogP contribution in [0.3, 0.4) is 0 Å². The van der Waals surface area contributed by atoms with Gasteiger partial charge in [0.1, 0.15) is 0 Å². The third-order valence-electron chi connectivity index (χ3n) is 2.95. The maximum absolute atomic E-state index is 11.9. The van der Waals surface area contributed by atoms with Crippen molar-refractivity contribution < 1.29 is 4.79 Å². The lowest BCUT2D eigenvalue weighted by molar-refractivity contribution is -0.113. The van der Waals surface area contributed by atoms with Crippen molar-refractivity contribution in [2.75, 3.05) is 11.1 Å². The number of carbonyl (C=O) groups excluding carboxylic acids is 1. The fourth-order valence-electron chi connectivity index (χ4n) is 1.95. The minimum atomic E-state index is -0.0681. The zero-order chi connectivity index (χ0) is 14.8. The summed E-state index contributed by atoms with van der Waals surface area (Å²) in [5.41, 5.74) is 2.01. The molecule has 21 heavy (non-hydrogen) atoms. The minimum Gasteiger partial charge on any atom is -0.322 e. The highest BCUT2D eigenvalue weighted by Crippen LogP contribution is 2.23. The average Bonchev–Trinajstić information content (AvgIpc) is 3.01. The molecule has 0 atom stereocenters. The molecule has 1 aromatic carbocycles. The van der Waals surface area contributed by atoms with Gasteiger partial charge < -0.3 is 9.88 Å². The number of fused-ring (bicyclic) bond motifs is 1. The molecule has 2 heterocycles. The van der Waals surface area contributed by atoms with Crippen molar-refractivity contribution in [3.8, 4) is 0 Å². The SMILES string of the molecule is Cc1cnc(NC(=O)CSc2nc3ccccc3n2C)s1. The van der Waals surface area contributed by atoms with Crippen LogP contribution in [0.2, 0.25) is 0 Å². The number of thioether (sulfide) groups is 1. The van der Waals surface area contributed by atoms with Crippen LogP contribution >= 0.6 is 23.1 Å². The van der Waals surface area contributed by atoms with E-state index < -0.39 is 0 Å². The highest BCUT2D eigenvalue weighted by Gasteiger charge is 2.11. The van der Waals surface area contributed by atoms with Crippen molar-refractivity contribution in [1.82, 2.24) is 14.5 Å². The Morgan fingerprint density at radius 1 is 1.43 bits per heavy atom. The third-order valence-corrected chi connectivity index (χ3v) is 4.80. The van der Waals surface area contributed by atoms with E-state index in [0.29, 0.717) is 10.9 Å². The monoisotopic (exact) mass is 318 g/mol. The molecule has 0 unspecified atom stereocenters. The van der Waals surface area contributed by atoms with E-state index in [-0.39, 0.29) is 5.91 Å². The highest BCUT2D eigenvalue weighted by molar-refractivity contribution is 7.99. The van der Waals surface area contributed by atoms with E-state index in [1.165, 1.54) is 23.1 Å². The van der Waals surface area contributed by atoms with Crippen molar-refractivity contribution in [2.24, 2.45) is 7.05 Å². The lowest BCUT2D eigenvalue weighted by atomic mass is 10.3. The molecule has 0 saturated carbocycles. The maximum Gasteiger partial charge on any atom is 0.236 e. The zero-order valence-electron chi connectivity index (χ0n) is 11.7. The van der Waals surface area contributed by atoms with Crippen LogP contribution in [0.4, 0.5) is 5.13 Å². The maximum atomic E-state index is 11.9. The molecule has 0 aliphatic heterocycles. The normalized spacial score (nSPS) is 11.0. The molecule has 0 spiro atoms. The smallest absolute Gasteiger partial charge is 0.236 e. The van der Waals surface area contributed by atoms with Crippen molar-refractivity contribution in [1.29, 1.82) is 0 Å². The number of hydrogen-bond donors (Lipinski definition) is 1. The van der Waals surface area contributed by atoms with Crippen LogP contribution in [-0.2, 0) is 11.8 Å². The summed E-state index contributed by atoms with van der Waals surface area (Å²) in [6, 6.07) is 7.93. The van der Waals surface area contributed by atoms with Gasteiger partial charge in [-0.05, 0) is 19.1 Å². The Balaban J connectivity index is 1.66. The molecule has 3 aromatic rings. The van der Waals surface area contributed by atoms with Gasteiger partial charge in [-0.15, -0.1) is 11.3 Å². The summed E-state index contributed by atoms with van der Waals surface area (Å²) >= 11 is 2.90. The number of rotatable bonds is 4. The van der Waals surface area contributed by atoms with Gasteiger partial charge in [0.05, 0.1) is 16.8 Å². The topological polar surface area (TPSA) is 59.8 Å². The fourth-order valence-corrected chi connectivity index (χ4v) is 3.42. The number of benzene rings is 1. The first kappa shape index (κ1) is 14.1. The van der Waals surface area contributed by atoms with Gasteiger partial charge in [0.15, 0.2) is 10.3 Å². The number of hydrogen-bond acceptors (Lipinski definition) is 5. The summed E-state index contributed by atoms with van der Waals surface area (Å²) in [7, 11) is 1.96. The second-order valence-electron chi connectivity index (χ2n) is 4.56. The molecule has 3 rings (SSSR count). The molecule has 0 aliphatic rings. The summed E-state index contributed by atoms with van der Waals surface area (Å²) in [6.07, 6.45) is 1.75. The lowest BCUT2D eigenvalue weighted by Crippen LogP contribution is -2.14. The summed E-state index contributed by atoms with van der Waals surface area (Å²) in [4.78, 5) is 21.6. The number of carbonyl (C=O) groups is 1. The Morgan fingerprint density at radius 3 is 2.95 bits per heavy atom. The van der Waals surface area contributed by atoms with Gasteiger partial charge in [0.25, 0.3) is 0 Å². The van der Waals surface area contributed by atoms with E-state index in [1.54, 1.807) is 6.20 Å². The van der Waals surface area contributed by atoms with E-state index in [1.807, 2.05) is 42.8 Å². The van der Waals surface area contributed by atoms with Crippen LogP contribution in [0.25, 0.3) is 11.0 Å². The van der Waals surface area contributed by atoms with Crippen LogP contribution in [0.5, 0.6) is 0 Å². The van der Waals surface area contributed by atoms with Crippen LogP contribution in [-0.4, -0.2) is 26.2 Å². The van der Waals surface area contributed by atoms with Crippen LogP contribution in [0, 0.1) is 6.92 Å². The third kappa shape index (κ3) is 3.08. The number of imidazole rings is 1. The number of para-hydroxylation sites is 2. The number of thiazole rings is 1. The molecule has 0 radical (unpaired) electrons. The fraction of sp³-hybridized carbons (Fsp3) is 0.214. The summed E-state index contributed by atoms with van der Waals surface area (Å²) < 4.78 is 2.00. The molecular formula is C14H14N4OS2. The van der Waals surface area contributed by atoms with Crippen LogP contribution in [0.1, 0.15) is 4.88 Å². The van der Waals surface area contributed by atoms with Gasteiger partial charge in [-0.25, -0.2) is 9.97 Å². The first-order valence-electron chi connectivity index (χ1n) is 6.40. The molecule has 0 fully saturated rings. The zero-order valence-corrected chi connectivity index (χ0v) is 13.3. The summed E-state index contributed by atoms with van der Waals surface area (Å²) in [5.74, 6) is 0.247. The minimum absolute atomic E-state index is 0.0681. The Hall–Kier alpha value is -1.86. The summed E-state index contributed by atoms with van der Waals surface area (Å²) in [5, 5.41) is 4.27. The highest BCUT2D eigenvalue weighted by atomic mass is 32.2. The van der Waals surface area contributed by atoms with Crippen LogP contribution < -0.4 is 5.32 Å². The van der Waals surface area contributed by atoms with Gasteiger partial charge in [-0.1, -0.05) is 23.9 Å². The van der Waals surface area contributed by atoms with Crippen molar-refractivity contribution >= 4 is 45.2 Å². The molecule has 1 amide bonds. The average molecular weight is 318 g/mol. The molecular weight excluding hydrogens is 304 g/mol. The summed E-state index contributed by atoms with van der Waals surface area (Å²) in [6.45, 7) is 1.96. The van der Waals surface area contributed by atoms with E-state index in [0.717, 1.165) is 21.1 Å². The Morgan fingerprint density at radius 2 is 2.24 bits per heavy atom. The Labute approximate surface area is 130 Å². The number of amides is 1. The standard InChI is InChI=1S/C14H14N4OS2/c1-9-7-15-13(21-9)17-12(19)8-20-14-16-10-5-3-4-6-11(10)18(14)2/h3-7H,8H2,1-2H3,(H,15,17,19). The molecule has 2 aromatic heterocycles. The van der Waals surface area contributed by atoms with Crippen LogP contribution in [0.15, 0.2) is 35.6 Å². The molecule has 7 heteroatoms. The number of aryl methyl sites for hydroxylation is 2. The van der Waals surface area contributed by atoms with Gasteiger partial charge in [0.2, 0.25) is 5.91 Å². The van der Waals surface area contributed by atoms with E-state index in [9.17, 15) is 4.79 Å². The first-order chi connectivity index (χ1) is 10.1. The largest absolute Gasteiger partial charge is 0.322 e. The Bertz CT molecular complexity index is 793. The number of aromatic nitrogens is 3. The van der Waals surface area contributed by atoms with E-state index >= 15 is 0 Å². The number of nitrogens with zero attached hydrogens (tertiary/aromatic N) is 3. The van der Waals surface area contributed by atoms with Crippen molar-refractivity contribution in [2.45, 2.75) is 12.1 Å². The van der Waals surface area contributed by atoms with Crippen molar-refractivity contribution in [3.63, 3.8) is 0 Å². The quantitative estimate of drug-likeness (QED) is 0.751. The van der Waals surface area contributed by atoms with E-state index in [4.69, 9.17) is 0 Å². The van der Waals surface area contributed by atoms with Gasteiger partial charge in [-0.3, -0.25) is 4.79 Å². The number of nitrogens with one attached hydrogen (secondary N) is 1. The van der Waals surface area contributed by atoms with Gasteiger partial charge in [-0.2, -0.15) is 0 Å². The number of anilines is 1. The molecule has 0 aliphatic carbocycles. The van der Waals surface area contributed by atoms with Crippen molar-refractivity contribution in [3.05, 3.63) is 35.3 Å². The molecule has 1 N–H and O–H groups in total. The molecule has 0 bridgehead atoms. The lowest BCUT2D eigenvalue weighted by Gasteiger charge is -2.02. The van der Waals surface area contributed by atoms with Gasteiger partial charge >= 0.3 is 0 Å². The molecule has 0 saturated heterocycles. The van der Waals surface area contributed by atoms with Gasteiger partial charge in [0, 0.05) is 18.1 Å². The predicted octanol–water partition coefficient (Wildman–Crippen LogP) is 3.07. The second kappa shape index (κ2) is 5.87. The second-order valence-corrected chi connectivity index (χ2v) is 6.73. The Kier molecular flexibility index (Phi) is 3.94.